The lowest BCUT2D eigenvalue weighted by molar-refractivity contribution is -0.00751. The molecular weight excluding hydrogens is 308 g/mol. The quantitative estimate of drug-likeness (QED) is 0.857. The normalized spacial score (nSPS) is 19.8. The summed E-state index contributed by atoms with van der Waals surface area (Å²) in [6.07, 6.45) is 4.27. The first-order valence-electron chi connectivity index (χ1n) is 6.58. The van der Waals surface area contributed by atoms with E-state index in [9.17, 15) is 4.79 Å². The summed E-state index contributed by atoms with van der Waals surface area (Å²) in [7, 11) is 0. The van der Waals surface area contributed by atoms with Crippen molar-refractivity contribution in [3.63, 3.8) is 0 Å². The maximum Gasteiger partial charge on any atom is 0.255 e. The fraction of sp³-hybridized carbons (Fsp3) is 0.571. The van der Waals surface area contributed by atoms with Crippen LogP contribution in [0.1, 0.15) is 30.6 Å². The van der Waals surface area contributed by atoms with E-state index in [4.69, 9.17) is 4.74 Å². The lowest BCUT2D eigenvalue weighted by atomic mass is 10.0. The molecule has 0 spiro atoms. The van der Waals surface area contributed by atoms with Gasteiger partial charge >= 0.3 is 0 Å². The van der Waals surface area contributed by atoms with Crippen LogP contribution in [0.4, 0.5) is 0 Å². The number of morpholine rings is 1. The highest BCUT2D eigenvalue weighted by atomic mass is 79.9. The van der Waals surface area contributed by atoms with Gasteiger partial charge in [0.25, 0.3) is 5.91 Å². The van der Waals surface area contributed by atoms with E-state index in [-0.39, 0.29) is 11.9 Å². The SMILES string of the molecule is CC(C)C[C@H]1COCCN1C(=O)c1ccncc1Br. The Morgan fingerprint density at radius 3 is 3.11 bits per heavy atom. The molecule has 0 unspecified atom stereocenters. The molecule has 1 saturated heterocycles. The van der Waals surface area contributed by atoms with Crippen LogP contribution in [-0.4, -0.2) is 41.6 Å². The number of hydrogen-bond donors (Lipinski definition) is 0. The van der Waals surface area contributed by atoms with Gasteiger partial charge < -0.3 is 9.64 Å². The minimum Gasteiger partial charge on any atom is -0.377 e. The molecule has 1 aromatic heterocycles. The van der Waals surface area contributed by atoms with Gasteiger partial charge in [0.2, 0.25) is 0 Å². The number of carbonyl (C=O) groups excluding carboxylic acids is 1. The van der Waals surface area contributed by atoms with Gasteiger partial charge in [-0.05, 0) is 34.3 Å². The van der Waals surface area contributed by atoms with Crippen molar-refractivity contribution in [2.45, 2.75) is 26.3 Å². The van der Waals surface area contributed by atoms with Gasteiger partial charge in [-0.1, -0.05) is 13.8 Å². The van der Waals surface area contributed by atoms with Crippen LogP contribution in [0.25, 0.3) is 0 Å². The topological polar surface area (TPSA) is 42.4 Å². The van der Waals surface area contributed by atoms with Gasteiger partial charge in [-0.15, -0.1) is 0 Å². The lowest BCUT2D eigenvalue weighted by Crippen LogP contribution is -2.49. The zero-order valence-corrected chi connectivity index (χ0v) is 12.9. The van der Waals surface area contributed by atoms with Gasteiger partial charge in [0, 0.05) is 23.4 Å². The molecule has 5 heteroatoms. The van der Waals surface area contributed by atoms with Crippen molar-refractivity contribution in [3.05, 3.63) is 28.5 Å². The summed E-state index contributed by atoms with van der Waals surface area (Å²) in [6.45, 7) is 6.24. The molecule has 19 heavy (non-hydrogen) atoms. The number of rotatable bonds is 3. The predicted molar refractivity (Wildman–Crippen MR) is 77.0 cm³/mol. The van der Waals surface area contributed by atoms with E-state index in [1.165, 1.54) is 0 Å². The fourth-order valence-corrected chi connectivity index (χ4v) is 2.78. The van der Waals surface area contributed by atoms with Crippen LogP contribution in [0, 0.1) is 5.92 Å². The average molecular weight is 327 g/mol. The first-order valence-corrected chi connectivity index (χ1v) is 7.37. The fourth-order valence-electron chi connectivity index (χ4n) is 2.36. The van der Waals surface area contributed by atoms with Crippen molar-refractivity contribution >= 4 is 21.8 Å². The number of carbonyl (C=O) groups is 1. The smallest absolute Gasteiger partial charge is 0.255 e. The molecular formula is C14H19BrN2O2. The van der Waals surface area contributed by atoms with Crippen molar-refractivity contribution < 1.29 is 9.53 Å². The van der Waals surface area contributed by atoms with Crippen LogP contribution < -0.4 is 0 Å². The van der Waals surface area contributed by atoms with E-state index in [0.29, 0.717) is 31.2 Å². The summed E-state index contributed by atoms with van der Waals surface area (Å²) >= 11 is 3.39. The molecule has 0 bridgehead atoms. The highest BCUT2D eigenvalue weighted by molar-refractivity contribution is 9.10. The summed E-state index contributed by atoms with van der Waals surface area (Å²) in [5, 5.41) is 0. The molecule has 2 rings (SSSR count). The molecule has 2 heterocycles. The van der Waals surface area contributed by atoms with Gasteiger partial charge in [0.1, 0.15) is 0 Å². The summed E-state index contributed by atoms with van der Waals surface area (Å²) in [4.78, 5) is 18.6. The van der Waals surface area contributed by atoms with Crippen molar-refractivity contribution in [1.82, 2.24) is 9.88 Å². The number of aromatic nitrogens is 1. The van der Waals surface area contributed by atoms with Crippen LogP contribution in [-0.2, 0) is 4.74 Å². The maximum atomic E-state index is 12.6. The Morgan fingerprint density at radius 2 is 2.42 bits per heavy atom. The first kappa shape index (κ1) is 14.5. The van der Waals surface area contributed by atoms with Gasteiger partial charge in [-0.3, -0.25) is 9.78 Å². The standard InChI is InChI=1S/C14H19BrN2O2/c1-10(2)7-11-9-19-6-5-17(11)14(18)12-3-4-16-8-13(12)15/h3-4,8,10-11H,5-7,9H2,1-2H3/t11-/m0/s1. The van der Waals surface area contributed by atoms with Crippen LogP contribution in [0.2, 0.25) is 0 Å². The van der Waals surface area contributed by atoms with E-state index in [2.05, 4.69) is 34.8 Å². The number of pyridine rings is 1. The molecule has 0 aliphatic carbocycles. The second-order valence-electron chi connectivity index (χ2n) is 5.21. The molecule has 0 saturated carbocycles. The van der Waals surface area contributed by atoms with E-state index in [0.717, 1.165) is 10.9 Å². The molecule has 1 aliphatic rings. The molecule has 104 valence electrons. The van der Waals surface area contributed by atoms with Crippen LogP contribution in [0.3, 0.4) is 0 Å². The van der Waals surface area contributed by atoms with E-state index in [1.807, 2.05) is 4.90 Å². The van der Waals surface area contributed by atoms with Crippen LogP contribution in [0.5, 0.6) is 0 Å². The Morgan fingerprint density at radius 1 is 1.63 bits per heavy atom. The third kappa shape index (κ3) is 3.54. The van der Waals surface area contributed by atoms with Gasteiger partial charge in [0.05, 0.1) is 24.8 Å². The lowest BCUT2D eigenvalue weighted by Gasteiger charge is -2.36. The van der Waals surface area contributed by atoms with Crippen molar-refractivity contribution in [2.75, 3.05) is 19.8 Å². The van der Waals surface area contributed by atoms with Gasteiger partial charge in [-0.25, -0.2) is 0 Å². The van der Waals surface area contributed by atoms with E-state index < -0.39 is 0 Å². The number of amides is 1. The van der Waals surface area contributed by atoms with Gasteiger partial charge in [-0.2, -0.15) is 0 Å². The number of nitrogens with zero attached hydrogens (tertiary/aromatic N) is 2. The highest BCUT2D eigenvalue weighted by Gasteiger charge is 2.29. The molecule has 1 amide bonds. The second kappa shape index (κ2) is 6.48. The van der Waals surface area contributed by atoms with E-state index >= 15 is 0 Å². The maximum absolute atomic E-state index is 12.6. The Bertz CT molecular complexity index is 451. The Hall–Kier alpha value is -0.940. The highest BCUT2D eigenvalue weighted by Crippen LogP contribution is 2.22. The van der Waals surface area contributed by atoms with Crippen molar-refractivity contribution in [3.8, 4) is 0 Å². The minimum absolute atomic E-state index is 0.0585. The first-order chi connectivity index (χ1) is 9.09. The largest absolute Gasteiger partial charge is 0.377 e. The minimum atomic E-state index is 0.0585. The van der Waals surface area contributed by atoms with Crippen LogP contribution >= 0.6 is 15.9 Å². The monoisotopic (exact) mass is 326 g/mol. The predicted octanol–water partition coefficient (Wildman–Crippen LogP) is 2.73. The summed E-state index contributed by atoms with van der Waals surface area (Å²) < 4.78 is 6.26. The Balaban J connectivity index is 2.18. The zero-order valence-electron chi connectivity index (χ0n) is 11.3. The summed E-state index contributed by atoms with van der Waals surface area (Å²) in [6, 6.07) is 1.93. The third-order valence-electron chi connectivity index (χ3n) is 3.23. The Kier molecular flexibility index (Phi) is 4.93. The zero-order chi connectivity index (χ0) is 13.8. The Labute approximate surface area is 122 Å². The molecule has 0 radical (unpaired) electrons. The number of hydrogen-bond acceptors (Lipinski definition) is 3. The molecule has 1 atom stereocenters. The molecule has 0 aromatic carbocycles. The molecule has 1 aliphatic heterocycles. The molecule has 1 fully saturated rings. The molecule has 0 N–H and O–H groups in total. The van der Waals surface area contributed by atoms with Gasteiger partial charge in [0.15, 0.2) is 0 Å². The summed E-state index contributed by atoms with van der Waals surface area (Å²) in [5.41, 5.74) is 0.672. The summed E-state index contributed by atoms with van der Waals surface area (Å²) in [5.74, 6) is 0.603. The number of ether oxygens (including phenoxy) is 1. The molecule has 1 aromatic rings. The van der Waals surface area contributed by atoms with E-state index in [1.54, 1.807) is 18.5 Å². The average Bonchev–Trinajstić information content (AvgIpc) is 2.38. The van der Waals surface area contributed by atoms with Crippen LogP contribution in [0.15, 0.2) is 22.9 Å². The molecule has 4 nitrogen and oxygen atoms in total. The second-order valence-corrected chi connectivity index (χ2v) is 6.07. The number of halogens is 1. The van der Waals surface area contributed by atoms with Crippen molar-refractivity contribution in [1.29, 1.82) is 0 Å². The van der Waals surface area contributed by atoms with Crippen molar-refractivity contribution in [2.24, 2.45) is 5.92 Å². The third-order valence-corrected chi connectivity index (χ3v) is 3.87.